The van der Waals surface area contributed by atoms with Gasteiger partial charge in [0, 0.05) is 6.04 Å². The van der Waals surface area contributed by atoms with Crippen LogP contribution in [0.2, 0.25) is 0 Å². The Bertz CT molecular complexity index is 433. The summed E-state index contributed by atoms with van der Waals surface area (Å²) in [6, 6.07) is 6.71. The monoisotopic (exact) mass is 276 g/mol. The molecule has 1 fully saturated rings. The van der Waals surface area contributed by atoms with Crippen LogP contribution in [0.1, 0.15) is 43.7 Å². The van der Waals surface area contributed by atoms with Crippen LogP contribution < -0.4 is 16.0 Å². The second-order valence-corrected chi connectivity index (χ2v) is 6.32. The molecule has 0 heterocycles. The lowest BCUT2D eigenvalue weighted by molar-refractivity contribution is 0.221. The Balaban J connectivity index is 2.11. The summed E-state index contributed by atoms with van der Waals surface area (Å²) < 4.78 is 5.49. The van der Waals surface area contributed by atoms with Crippen molar-refractivity contribution in [3.05, 3.63) is 29.3 Å². The van der Waals surface area contributed by atoms with Gasteiger partial charge in [-0.05, 0) is 49.7 Å². The van der Waals surface area contributed by atoms with E-state index < -0.39 is 0 Å². The van der Waals surface area contributed by atoms with Gasteiger partial charge in [-0.25, -0.2) is 0 Å². The molecule has 112 valence electrons. The molecule has 3 N–H and O–H groups in total. The Morgan fingerprint density at radius 3 is 2.85 bits per heavy atom. The van der Waals surface area contributed by atoms with E-state index in [1.165, 1.54) is 36.8 Å². The smallest absolute Gasteiger partial charge is 0.122 e. The predicted octanol–water partition coefficient (Wildman–Crippen LogP) is 3.20. The minimum atomic E-state index is 0.341. The van der Waals surface area contributed by atoms with Gasteiger partial charge in [-0.1, -0.05) is 37.5 Å². The van der Waals surface area contributed by atoms with Crippen molar-refractivity contribution in [2.24, 2.45) is 17.7 Å². The fraction of sp³-hybridized carbons (Fsp3) is 0.647. The SMILES string of the molecule is COc1ccc(C)cc1CC(NN)C1CCCC(C)C1. The van der Waals surface area contributed by atoms with Gasteiger partial charge < -0.3 is 4.74 Å². The number of benzene rings is 1. The molecule has 20 heavy (non-hydrogen) atoms. The first kappa shape index (κ1) is 15.3. The highest BCUT2D eigenvalue weighted by Crippen LogP contribution is 2.33. The number of ether oxygens (including phenoxy) is 1. The van der Waals surface area contributed by atoms with Gasteiger partial charge in [0.25, 0.3) is 0 Å². The van der Waals surface area contributed by atoms with E-state index >= 15 is 0 Å². The zero-order valence-electron chi connectivity index (χ0n) is 13.0. The average molecular weight is 276 g/mol. The summed E-state index contributed by atoms with van der Waals surface area (Å²) >= 11 is 0. The number of hydrogen-bond donors (Lipinski definition) is 2. The van der Waals surface area contributed by atoms with Crippen molar-refractivity contribution >= 4 is 0 Å². The maximum Gasteiger partial charge on any atom is 0.122 e. The quantitative estimate of drug-likeness (QED) is 0.641. The lowest BCUT2D eigenvalue weighted by Gasteiger charge is -2.33. The number of hydrogen-bond acceptors (Lipinski definition) is 3. The first-order valence-corrected chi connectivity index (χ1v) is 7.73. The van der Waals surface area contributed by atoms with Crippen molar-refractivity contribution in [3.8, 4) is 5.75 Å². The molecule has 3 unspecified atom stereocenters. The zero-order valence-corrected chi connectivity index (χ0v) is 13.0. The van der Waals surface area contributed by atoms with E-state index in [4.69, 9.17) is 10.6 Å². The first-order valence-electron chi connectivity index (χ1n) is 7.73. The second kappa shape index (κ2) is 7.09. The highest BCUT2D eigenvalue weighted by atomic mass is 16.5. The summed E-state index contributed by atoms with van der Waals surface area (Å²) in [6.07, 6.45) is 6.20. The largest absolute Gasteiger partial charge is 0.496 e. The van der Waals surface area contributed by atoms with Crippen molar-refractivity contribution in [2.75, 3.05) is 7.11 Å². The molecular weight excluding hydrogens is 248 g/mol. The molecule has 0 radical (unpaired) electrons. The summed E-state index contributed by atoms with van der Waals surface area (Å²) in [5, 5.41) is 0. The Labute approximate surface area is 122 Å². The molecule has 3 nitrogen and oxygen atoms in total. The third-order valence-electron chi connectivity index (χ3n) is 4.64. The zero-order chi connectivity index (χ0) is 14.5. The normalized spacial score (nSPS) is 24.4. The Morgan fingerprint density at radius 1 is 1.40 bits per heavy atom. The Hall–Kier alpha value is -1.06. The van der Waals surface area contributed by atoms with Gasteiger partial charge >= 0.3 is 0 Å². The number of nitrogens with one attached hydrogen (secondary N) is 1. The summed E-state index contributed by atoms with van der Waals surface area (Å²) in [4.78, 5) is 0. The molecule has 2 rings (SSSR count). The number of rotatable bonds is 5. The standard InChI is InChI=1S/C17H28N2O/c1-12-5-4-6-14(9-12)16(19-18)11-15-10-13(2)7-8-17(15)20-3/h7-8,10,12,14,16,19H,4-6,9,11,18H2,1-3H3. The van der Waals surface area contributed by atoms with Gasteiger partial charge in [0.15, 0.2) is 0 Å². The van der Waals surface area contributed by atoms with E-state index in [1.54, 1.807) is 7.11 Å². The molecule has 0 aromatic heterocycles. The molecule has 3 atom stereocenters. The molecule has 1 aliphatic rings. The fourth-order valence-corrected chi connectivity index (χ4v) is 3.51. The van der Waals surface area contributed by atoms with E-state index in [0.717, 1.165) is 18.1 Å². The number of hydrazine groups is 1. The third-order valence-corrected chi connectivity index (χ3v) is 4.64. The molecule has 3 heteroatoms. The van der Waals surface area contributed by atoms with Crippen LogP contribution in [0.25, 0.3) is 0 Å². The van der Waals surface area contributed by atoms with Crippen LogP contribution >= 0.6 is 0 Å². The van der Waals surface area contributed by atoms with Crippen LogP contribution in [0.3, 0.4) is 0 Å². The van der Waals surface area contributed by atoms with Crippen molar-refractivity contribution in [1.82, 2.24) is 5.43 Å². The molecular formula is C17H28N2O. The highest BCUT2D eigenvalue weighted by molar-refractivity contribution is 5.37. The molecule has 0 aliphatic heterocycles. The molecule has 0 bridgehead atoms. The number of nitrogens with two attached hydrogens (primary N) is 1. The molecule has 0 amide bonds. The molecule has 1 aromatic carbocycles. The van der Waals surface area contributed by atoms with Gasteiger partial charge in [0.2, 0.25) is 0 Å². The topological polar surface area (TPSA) is 47.3 Å². The molecule has 1 aromatic rings. The van der Waals surface area contributed by atoms with Crippen LogP contribution in [0.5, 0.6) is 5.75 Å². The fourth-order valence-electron chi connectivity index (χ4n) is 3.51. The molecule has 1 aliphatic carbocycles. The average Bonchev–Trinajstić information content (AvgIpc) is 2.45. The Morgan fingerprint density at radius 2 is 2.20 bits per heavy atom. The van der Waals surface area contributed by atoms with Crippen LogP contribution in [-0.2, 0) is 6.42 Å². The highest BCUT2D eigenvalue weighted by Gasteiger charge is 2.26. The third kappa shape index (κ3) is 3.74. The van der Waals surface area contributed by atoms with Crippen LogP contribution in [-0.4, -0.2) is 13.2 Å². The second-order valence-electron chi connectivity index (χ2n) is 6.32. The van der Waals surface area contributed by atoms with Crippen LogP contribution in [0.4, 0.5) is 0 Å². The van der Waals surface area contributed by atoms with Crippen molar-refractivity contribution in [3.63, 3.8) is 0 Å². The number of methoxy groups -OCH3 is 1. The maximum absolute atomic E-state index is 5.84. The van der Waals surface area contributed by atoms with Crippen LogP contribution in [0.15, 0.2) is 18.2 Å². The van der Waals surface area contributed by atoms with Crippen molar-refractivity contribution < 1.29 is 4.74 Å². The van der Waals surface area contributed by atoms with E-state index in [0.29, 0.717) is 12.0 Å². The van der Waals surface area contributed by atoms with E-state index in [2.05, 4.69) is 37.5 Å². The first-order chi connectivity index (χ1) is 9.63. The molecule has 0 saturated heterocycles. The minimum absolute atomic E-state index is 0.341. The number of aryl methyl sites for hydroxylation is 1. The maximum atomic E-state index is 5.84. The predicted molar refractivity (Wildman–Crippen MR) is 83.7 cm³/mol. The minimum Gasteiger partial charge on any atom is -0.496 e. The lowest BCUT2D eigenvalue weighted by atomic mass is 9.77. The summed E-state index contributed by atoms with van der Waals surface area (Å²) in [5.41, 5.74) is 5.59. The van der Waals surface area contributed by atoms with E-state index in [-0.39, 0.29) is 0 Å². The lowest BCUT2D eigenvalue weighted by Crippen LogP contribution is -2.44. The van der Waals surface area contributed by atoms with E-state index in [9.17, 15) is 0 Å². The van der Waals surface area contributed by atoms with Gasteiger partial charge in [0.1, 0.15) is 5.75 Å². The summed E-state index contributed by atoms with van der Waals surface area (Å²) in [6.45, 7) is 4.48. The van der Waals surface area contributed by atoms with E-state index in [1.807, 2.05) is 0 Å². The van der Waals surface area contributed by atoms with Gasteiger partial charge in [0.05, 0.1) is 7.11 Å². The van der Waals surface area contributed by atoms with Gasteiger partial charge in [-0.3, -0.25) is 11.3 Å². The van der Waals surface area contributed by atoms with Crippen molar-refractivity contribution in [2.45, 2.75) is 52.0 Å². The Kier molecular flexibility index (Phi) is 5.44. The molecule has 1 saturated carbocycles. The van der Waals surface area contributed by atoms with Gasteiger partial charge in [-0.15, -0.1) is 0 Å². The molecule has 0 spiro atoms. The van der Waals surface area contributed by atoms with Crippen LogP contribution in [0, 0.1) is 18.8 Å². The summed E-state index contributed by atoms with van der Waals surface area (Å²) in [5.74, 6) is 8.31. The summed E-state index contributed by atoms with van der Waals surface area (Å²) in [7, 11) is 1.74. The van der Waals surface area contributed by atoms with Gasteiger partial charge in [-0.2, -0.15) is 0 Å². The van der Waals surface area contributed by atoms with Crippen molar-refractivity contribution in [1.29, 1.82) is 0 Å².